The van der Waals surface area contributed by atoms with Crippen molar-refractivity contribution in [3.63, 3.8) is 0 Å². The third-order valence-corrected chi connectivity index (χ3v) is 15.6. The van der Waals surface area contributed by atoms with Crippen LogP contribution in [0.4, 0.5) is 11.4 Å². The number of hydrogen-bond acceptors (Lipinski definition) is 10. The summed E-state index contributed by atoms with van der Waals surface area (Å²) in [6, 6.07) is 11.4. The summed E-state index contributed by atoms with van der Waals surface area (Å²) >= 11 is 0. The number of likely N-dealkylation sites (tertiary alicyclic amines) is 4. The van der Waals surface area contributed by atoms with E-state index in [-0.39, 0.29) is 47.5 Å². The molecule has 6 fully saturated rings. The standard InChI is InChI=1S/2C24H32N4O3.H2O4S/c2*1-25-24(31)16-5-6-21-19(11-16)12-22(29)28(21)20-7-9-26(10-8-20)15-23(30)27-13-17-3-2-4-18(17)14-27;1-5(2,3)4/h2*5-6,11,17-18,20H,2-4,7-10,12-15H2,1H3,(H,25,31);(H2,1,2,3,4). The molecule has 2 aliphatic carbocycles. The van der Waals surface area contributed by atoms with Crippen LogP contribution in [0.3, 0.4) is 0 Å². The number of piperidine rings is 2. The van der Waals surface area contributed by atoms with Crippen LogP contribution < -0.4 is 20.4 Å². The lowest BCUT2D eigenvalue weighted by atomic mass is 10.0. The Balaban J connectivity index is 0.000000165. The van der Waals surface area contributed by atoms with E-state index in [0.29, 0.717) is 37.1 Å². The normalized spacial score (nSPS) is 25.2. The van der Waals surface area contributed by atoms with Gasteiger partial charge in [0.25, 0.3) is 11.8 Å². The lowest BCUT2D eigenvalue weighted by molar-refractivity contribution is -0.132. The summed E-state index contributed by atoms with van der Waals surface area (Å²) in [5, 5.41) is 5.27. The second-order valence-corrected chi connectivity index (χ2v) is 20.6. The molecule has 6 aliphatic heterocycles. The second-order valence-electron chi connectivity index (χ2n) is 19.7. The van der Waals surface area contributed by atoms with E-state index in [4.69, 9.17) is 17.5 Å². The van der Waals surface area contributed by atoms with E-state index in [1.54, 1.807) is 26.2 Å². The molecule has 67 heavy (non-hydrogen) atoms. The lowest BCUT2D eigenvalue weighted by Gasteiger charge is -2.37. The fourth-order valence-corrected chi connectivity index (χ4v) is 12.2. The third-order valence-electron chi connectivity index (χ3n) is 15.6. The van der Waals surface area contributed by atoms with E-state index >= 15 is 0 Å². The van der Waals surface area contributed by atoms with Gasteiger partial charge in [0.2, 0.25) is 23.6 Å². The summed E-state index contributed by atoms with van der Waals surface area (Å²) in [6.07, 6.45) is 12.0. The smallest absolute Gasteiger partial charge is 0.355 e. The Labute approximate surface area is 393 Å². The van der Waals surface area contributed by atoms with E-state index in [9.17, 15) is 28.8 Å². The lowest BCUT2D eigenvalue weighted by Crippen LogP contribution is -2.49. The van der Waals surface area contributed by atoms with Crippen LogP contribution in [0, 0.1) is 23.7 Å². The van der Waals surface area contributed by atoms with Gasteiger partial charge in [-0.2, -0.15) is 8.42 Å². The van der Waals surface area contributed by atoms with Crippen LogP contribution in [0.15, 0.2) is 36.4 Å². The van der Waals surface area contributed by atoms with Crippen LogP contribution in [-0.2, 0) is 42.4 Å². The molecule has 2 saturated carbocycles. The van der Waals surface area contributed by atoms with E-state index in [1.165, 1.54) is 38.5 Å². The van der Waals surface area contributed by atoms with Gasteiger partial charge in [-0.15, -0.1) is 0 Å². The summed E-state index contributed by atoms with van der Waals surface area (Å²) in [7, 11) is -1.44. The highest BCUT2D eigenvalue weighted by Gasteiger charge is 2.41. The molecular weight excluding hydrogens is 881 g/mol. The summed E-state index contributed by atoms with van der Waals surface area (Å²) < 4.78 is 31.6. The number of carbonyl (C=O) groups is 6. The predicted octanol–water partition coefficient (Wildman–Crippen LogP) is 2.66. The molecule has 4 N–H and O–H groups in total. The van der Waals surface area contributed by atoms with Gasteiger partial charge in [-0.1, -0.05) is 12.8 Å². The van der Waals surface area contributed by atoms with E-state index in [0.717, 1.165) is 124 Å². The first-order valence-electron chi connectivity index (χ1n) is 24.1. The molecule has 6 heterocycles. The molecule has 0 radical (unpaired) electrons. The molecule has 19 heteroatoms. The average Bonchev–Trinajstić information content (AvgIpc) is 4.16. The average molecular weight is 947 g/mol. The number of nitrogens with one attached hydrogen (secondary N) is 2. The SMILES string of the molecule is CNC(=O)c1ccc2c(c1)CC(=O)N2C1CCN(CC(=O)N2CC3CCCC3C2)CC1.CNC(=O)c1ccc2c(c1)CC(=O)N2C1CCN(CC(=O)N2CC3CCCC3C2)CC1.O=S(=O)(O)O. The number of hydrogen-bond donors (Lipinski definition) is 4. The maximum atomic E-state index is 12.8. The van der Waals surface area contributed by atoms with E-state index in [1.807, 2.05) is 34.1 Å². The summed E-state index contributed by atoms with van der Waals surface area (Å²) in [4.78, 5) is 87.5. The zero-order chi connectivity index (χ0) is 47.6. The number of benzene rings is 2. The molecule has 6 amide bonds. The molecule has 0 aromatic heterocycles. The molecule has 0 bridgehead atoms. The zero-order valence-corrected chi connectivity index (χ0v) is 39.6. The fraction of sp³-hybridized carbons (Fsp3) is 0.625. The van der Waals surface area contributed by atoms with Gasteiger partial charge in [-0.3, -0.25) is 47.7 Å². The van der Waals surface area contributed by atoms with Gasteiger partial charge in [-0.25, -0.2) is 0 Å². The Hall–Kier alpha value is -4.95. The van der Waals surface area contributed by atoms with Crippen molar-refractivity contribution in [1.82, 2.24) is 30.2 Å². The number of amides is 6. The molecule has 364 valence electrons. The number of anilines is 2. The highest BCUT2D eigenvalue weighted by Crippen LogP contribution is 2.40. The zero-order valence-electron chi connectivity index (χ0n) is 38.7. The van der Waals surface area contributed by atoms with Crippen molar-refractivity contribution in [1.29, 1.82) is 0 Å². The Morgan fingerprint density at radius 3 is 1.21 bits per heavy atom. The van der Waals surface area contributed by atoms with Gasteiger partial charge in [0, 0.05) is 101 Å². The molecule has 4 atom stereocenters. The van der Waals surface area contributed by atoms with Crippen LogP contribution in [0.1, 0.15) is 96.1 Å². The highest BCUT2D eigenvalue weighted by molar-refractivity contribution is 7.79. The molecule has 4 saturated heterocycles. The van der Waals surface area contributed by atoms with Crippen LogP contribution in [-0.4, -0.2) is 164 Å². The number of carbonyl (C=O) groups excluding carboxylic acids is 6. The highest BCUT2D eigenvalue weighted by atomic mass is 32.3. The van der Waals surface area contributed by atoms with E-state index < -0.39 is 10.4 Å². The monoisotopic (exact) mass is 946 g/mol. The number of fused-ring (bicyclic) bond motifs is 4. The maximum absolute atomic E-state index is 12.8. The van der Waals surface area contributed by atoms with Crippen molar-refractivity contribution in [2.75, 3.05) is 89.3 Å². The van der Waals surface area contributed by atoms with Crippen LogP contribution in [0.25, 0.3) is 0 Å². The first-order chi connectivity index (χ1) is 32.1. The Morgan fingerprint density at radius 1 is 0.567 bits per heavy atom. The van der Waals surface area contributed by atoms with Crippen molar-refractivity contribution in [3.8, 4) is 0 Å². The van der Waals surface area contributed by atoms with Crippen molar-refractivity contribution in [2.24, 2.45) is 23.7 Å². The molecule has 2 aromatic carbocycles. The first-order valence-corrected chi connectivity index (χ1v) is 25.5. The molecule has 8 aliphatic rings. The minimum absolute atomic E-state index is 0.113. The largest absolute Gasteiger partial charge is 0.394 e. The molecule has 4 unspecified atom stereocenters. The van der Waals surface area contributed by atoms with Crippen molar-refractivity contribution in [2.45, 2.75) is 89.1 Å². The Kier molecular flexibility index (Phi) is 15.0. The van der Waals surface area contributed by atoms with Crippen molar-refractivity contribution in [3.05, 3.63) is 58.7 Å². The van der Waals surface area contributed by atoms with Gasteiger partial charge in [0.1, 0.15) is 0 Å². The quantitative estimate of drug-likeness (QED) is 0.281. The Bertz CT molecular complexity index is 2150. The summed E-state index contributed by atoms with van der Waals surface area (Å²) in [6.45, 7) is 8.19. The second kappa shape index (κ2) is 20.7. The van der Waals surface area contributed by atoms with Gasteiger partial charge in [0.05, 0.1) is 25.9 Å². The maximum Gasteiger partial charge on any atom is 0.394 e. The van der Waals surface area contributed by atoms with Crippen LogP contribution in [0.2, 0.25) is 0 Å². The van der Waals surface area contributed by atoms with Crippen molar-refractivity contribution >= 4 is 57.2 Å². The third kappa shape index (κ3) is 11.3. The predicted molar refractivity (Wildman–Crippen MR) is 250 cm³/mol. The molecular formula is C48H66N8O10S. The first kappa shape index (κ1) is 48.5. The van der Waals surface area contributed by atoms with Crippen molar-refractivity contribution < 1.29 is 46.3 Å². The minimum Gasteiger partial charge on any atom is -0.355 e. The van der Waals surface area contributed by atoms with Gasteiger partial charge >= 0.3 is 10.4 Å². The molecule has 10 rings (SSSR count). The summed E-state index contributed by atoms with van der Waals surface area (Å²) in [5.41, 5.74) is 4.93. The van der Waals surface area contributed by atoms with Gasteiger partial charge in [0.15, 0.2) is 0 Å². The molecule has 2 aromatic rings. The van der Waals surface area contributed by atoms with Crippen LogP contribution >= 0.6 is 0 Å². The number of rotatable bonds is 8. The summed E-state index contributed by atoms with van der Waals surface area (Å²) in [5.74, 6) is 3.46. The van der Waals surface area contributed by atoms with Gasteiger partial charge in [-0.05, 0) is 123 Å². The molecule has 18 nitrogen and oxygen atoms in total. The number of nitrogens with zero attached hydrogens (tertiary/aromatic N) is 6. The van der Waals surface area contributed by atoms with E-state index in [2.05, 4.69) is 30.2 Å². The van der Waals surface area contributed by atoms with Crippen LogP contribution in [0.5, 0.6) is 0 Å². The molecule has 0 spiro atoms. The topological polar surface area (TPSA) is 221 Å². The Morgan fingerprint density at radius 2 is 0.896 bits per heavy atom. The fourth-order valence-electron chi connectivity index (χ4n) is 12.2. The minimum atomic E-state index is -4.67. The van der Waals surface area contributed by atoms with Gasteiger partial charge < -0.3 is 30.2 Å².